The molecule has 1 aromatic heterocycles. The Labute approximate surface area is 192 Å². The smallest absolute Gasteiger partial charge is 0.322 e. The number of amides is 3. The number of hydrogen-bond acceptors (Lipinski definition) is 3. The van der Waals surface area contributed by atoms with E-state index >= 15 is 0 Å². The Morgan fingerprint density at radius 2 is 1.77 bits per heavy atom. The SMILES string of the molecule is CC(C)N(CC(=O)N(Cc1ccccc1)Cc1cccs1)C(=O)Nc1cccc(Cl)c1. The summed E-state index contributed by atoms with van der Waals surface area (Å²) in [4.78, 5) is 30.6. The molecule has 0 fully saturated rings. The molecule has 7 heteroatoms. The molecule has 0 bridgehead atoms. The van der Waals surface area contributed by atoms with Crippen molar-refractivity contribution in [3.05, 3.63) is 87.6 Å². The Balaban J connectivity index is 1.73. The molecule has 5 nitrogen and oxygen atoms in total. The van der Waals surface area contributed by atoms with Crippen LogP contribution in [0.1, 0.15) is 24.3 Å². The second-order valence-electron chi connectivity index (χ2n) is 7.48. The first kappa shape index (κ1) is 22.8. The van der Waals surface area contributed by atoms with E-state index in [9.17, 15) is 9.59 Å². The summed E-state index contributed by atoms with van der Waals surface area (Å²) in [6.45, 7) is 4.77. The number of carbonyl (C=O) groups excluding carboxylic acids is 2. The minimum absolute atomic E-state index is 0.0116. The van der Waals surface area contributed by atoms with Crippen LogP contribution in [0.4, 0.5) is 10.5 Å². The third-order valence-corrected chi connectivity index (χ3v) is 5.86. The van der Waals surface area contributed by atoms with Crippen LogP contribution in [0.25, 0.3) is 0 Å². The van der Waals surface area contributed by atoms with Gasteiger partial charge in [-0.05, 0) is 49.1 Å². The number of rotatable bonds is 8. The van der Waals surface area contributed by atoms with E-state index in [1.807, 2.05) is 61.7 Å². The topological polar surface area (TPSA) is 52.7 Å². The fourth-order valence-electron chi connectivity index (χ4n) is 3.12. The highest BCUT2D eigenvalue weighted by molar-refractivity contribution is 7.09. The van der Waals surface area contributed by atoms with E-state index in [-0.39, 0.29) is 24.5 Å². The second kappa shape index (κ2) is 11.0. The fourth-order valence-corrected chi connectivity index (χ4v) is 4.03. The van der Waals surface area contributed by atoms with Crippen LogP contribution >= 0.6 is 22.9 Å². The standard InChI is InChI=1S/C24H26ClN3O2S/c1-18(2)28(24(30)26-21-11-6-10-20(25)14-21)17-23(29)27(16-22-12-7-13-31-22)15-19-8-4-3-5-9-19/h3-14,18H,15-17H2,1-2H3,(H,26,30). The summed E-state index contributed by atoms with van der Waals surface area (Å²) in [6.07, 6.45) is 0. The van der Waals surface area contributed by atoms with Gasteiger partial charge in [0.15, 0.2) is 0 Å². The molecule has 0 atom stereocenters. The molecule has 1 N–H and O–H groups in total. The van der Waals surface area contributed by atoms with Crippen molar-refractivity contribution >= 4 is 40.6 Å². The Morgan fingerprint density at radius 1 is 1.00 bits per heavy atom. The van der Waals surface area contributed by atoms with Crippen molar-refractivity contribution < 1.29 is 9.59 Å². The van der Waals surface area contributed by atoms with Gasteiger partial charge in [0.05, 0.1) is 6.54 Å². The van der Waals surface area contributed by atoms with Crippen LogP contribution in [0.5, 0.6) is 0 Å². The van der Waals surface area contributed by atoms with Crippen molar-refractivity contribution in [2.75, 3.05) is 11.9 Å². The molecule has 162 valence electrons. The molecular formula is C24H26ClN3O2S. The molecule has 0 radical (unpaired) electrons. The molecule has 0 aliphatic carbocycles. The van der Waals surface area contributed by atoms with Gasteiger partial charge >= 0.3 is 6.03 Å². The number of hydrogen-bond donors (Lipinski definition) is 1. The quantitative estimate of drug-likeness (QED) is 0.461. The number of thiophene rings is 1. The normalized spacial score (nSPS) is 10.7. The predicted molar refractivity (Wildman–Crippen MR) is 127 cm³/mol. The number of nitrogens with zero attached hydrogens (tertiary/aromatic N) is 2. The maximum absolute atomic E-state index is 13.3. The number of anilines is 1. The lowest BCUT2D eigenvalue weighted by Gasteiger charge is -2.30. The van der Waals surface area contributed by atoms with Crippen LogP contribution in [-0.4, -0.2) is 34.3 Å². The first-order chi connectivity index (χ1) is 14.9. The van der Waals surface area contributed by atoms with Gasteiger partial charge in [0, 0.05) is 28.2 Å². The van der Waals surface area contributed by atoms with Crippen molar-refractivity contribution in [3.8, 4) is 0 Å². The molecule has 3 rings (SSSR count). The average Bonchev–Trinajstić information content (AvgIpc) is 3.25. The minimum atomic E-state index is -0.332. The highest BCUT2D eigenvalue weighted by Crippen LogP contribution is 2.18. The maximum atomic E-state index is 13.3. The van der Waals surface area contributed by atoms with Crippen molar-refractivity contribution in [2.45, 2.75) is 33.0 Å². The first-order valence-corrected chi connectivity index (χ1v) is 11.4. The molecule has 0 aliphatic rings. The monoisotopic (exact) mass is 455 g/mol. The van der Waals surface area contributed by atoms with Gasteiger partial charge in [-0.1, -0.05) is 54.1 Å². The van der Waals surface area contributed by atoms with E-state index in [1.54, 1.807) is 40.5 Å². The largest absolute Gasteiger partial charge is 0.332 e. The summed E-state index contributed by atoms with van der Waals surface area (Å²) in [7, 11) is 0. The third-order valence-electron chi connectivity index (χ3n) is 4.76. The van der Waals surface area contributed by atoms with Gasteiger partial charge in [-0.3, -0.25) is 4.79 Å². The van der Waals surface area contributed by atoms with E-state index in [0.29, 0.717) is 23.8 Å². The number of benzene rings is 2. The average molecular weight is 456 g/mol. The molecule has 0 saturated heterocycles. The Hall–Kier alpha value is -2.83. The zero-order valence-electron chi connectivity index (χ0n) is 17.6. The molecular weight excluding hydrogens is 430 g/mol. The molecule has 0 aliphatic heterocycles. The predicted octanol–water partition coefficient (Wildman–Crippen LogP) is 5.87. The highest BCUT2D eigenvalue weighted by atomic mass is 35.5. The number of carbonyl (C=O) groups is 2. The lowest BCUT2D eigenvalue weighted by Crippen LogP contribution is -2.47. The summed E-state index contributed by atoms with van der Waals surface area (Å²) in [5.74, 6) is -0.104. The molecule has 3 amide bonds. The van der Waals surface area contributed by atoms with Gasteiger partial charge in [-0.15, -0.1) is 11.3 Å². The molecule has 0 saturated carbocycles. The summed E-state index contributed by atoms with van der Waals surface area (Å²) in [5.41, 5.74) is 1.64. The fraction of sp³-hybridized carbons (Fsp3) is 0.250. The van der Waals surface area contributed by atoms with E-state index in [2.05, 4.69) is 5.32 Å². The van der Waals surface area contributed by atoms with Crippen LogP contribution in [0.2, 0.25) is 5.02 Å². The minimum Gasteiger partial charge on any atom is -0.332 e. The number of urea groups is 1. The number of nitrogens with one attached hydrogen (secondary N) is 1. The Morgan fingerprint density at radius 3 is 2.42 bits per heavy atom. The van der Waals surface area contributed by atoms with Crippen molar-refractivity contribution in [2.24, 2.45) is 0 Å². The molecule has 31 heavy (non-hydrogen) atoms. The first-order valence-electron chi connectivity index (χ1n) is 10.1. The summed E-state index contributed by atoms with van der Waals surface area (Å²) < 4.78 is 0. The molecule has 3 aromatic rings. The summed E-state index contributed by atoms with van der Waals surface area (Å²) in [5, 5.41) is 5.37. The van der Waals surface area contributed by atoms with Gasteiger partial charge < -0.3 is 15.1 Å². The van der Waals surface area contributed by atoms with E-state index in [1.165, 1.54) is 4.90 Å². The van der Waals surface area contributed by atoms with Crippen molar-refractivity contribution in [1.82, 2.24) is 9.80 Å². The van der Waals surface area contributed by atoms with E-state index < -0.39 is 0 Å². The zero-order chi connectivity index (χ0) is 22.2. The lowest BCUT2D eigenvalue weighted by molar-refractivity contribution is -0.133. The Bertz CT molecular complexity index is 993. The van der Waals surface area contributed by atoms with Gasteiger partial charge in [0.2, 0.25) is 5.91 Å². The van der Waals surface area contributed by atoms with Gasteiger partial charge in [0.1, 0.15) is 6.54 Å². The van der Waals surface area contributed by atoms with Gasteiger partial charge in [-0.25, -0.2) is 4.79 Å². The highest BCUT2D eigenvalue weighted by Gasteiger charge is 2.24. The van der Waals surface area contributed by atoms with Crippen LogP contribution in [-0.2, 0) is 17.9 Å². The van der Waals surface area contributed by atoms with Crippen LogP contribution in [0.15, 0.2) is 72.1 Å². The zero-order valence-corrected chi connectivity index (χ0v) is 19.2. The van der Waals surface area contributed by atoms with E-state index in [4.69, 9.17) is 11.6 Å². The van der Waals surface area contributed by atoms with Crippen molar-refractivity contribution in [1.29, 1.82) is 0 Å². The van der Waals surface area contributed by atoms with Crippen LogP contribution in [0.3, 0.4) is 0 Å². The van der Waals surface area contributed by atoms with Gasteiger partial charge in [-0.2, -0.15) is 0 Å². The van der Waals surface area contributed by atoms with Crippen LogP contribution in [0, 0.1) is 0 Å². The Kier molecular flexibility index (Phi) is 8.09. The third kappa shape index (κ3) is 6.84. The summed E-state index contributed by atoms with van der Waals surface area (Å²) in [6, 6.07) is 20.3. The van der Waals surface area contributed by atoms with Gasteiger partial charge in [0.25, 0.3) is 0 Å². The molecule has 0 spiro atoms. The van der Waals surface area contributed by atoms with Crippen molar-refractivity contribution in [3.63, 3.8) is 0 Å². The molecule has 1 heterocycles. The molecule has 2 aromatic carbocycles. The maximum Gasteiger partial charge on any atom is 0.322 e. The molecule has 0 unspecified atom stereocenters. The number of halogens is 1. The second-order valence-corrected chi connectivity index (χ2v) is 8.95. The van der Waals surface area contributed by atoms with Crippen LogP contribution < -0.4 is 5.32 Å². The lowest BCUT2D eigenvalue weighted by atomic mass is 10.2. The summed E-state index contributed by atoms with van der Waals surface area (Å²) >= 11 is 7.63. The van der Waals surface area contributed by atoms with E-state index in [0.717, 1.165) is 10.4 Å².